The maximum atomic E-state index is 5.82. The van der Waals surface area contributed by atoms with E-state index in [1.165, 1.54) is 14.7 Å². The smallest absolute Gasteiger partial charge is 0.166 e. The Balaban J connectivity index is 1.88. The van der Waals surface area contributed by atoms with Gasteiger partial charge in [0.15, 0.2) is 14.7 Å². The largest absolute Gasteiger partial charge is 0.494 e. The van der Waals surface area contributed by atoms with Crippen molar-refractivity contribution >= 4 is 10.9 Å². The maximum Gasteiger partial charge on any atom is 0.166 e. The van der Waals surface area contributed by atoms with Gasteiger partial charge in [-0.05, 0) is 61.4 Å². The molecule has 0 fully saturated rings. The van der Waals surface area contributed by atoms with Gasteiger partial charge in [0.05, 0.1) is 17.5 Å². The molecular formula is C23H25OS+. The van der Waals surface area contributed by atoms with Crippen molar-refractivity contribution in [3.05, 3.63) is 89.9 Å². The van der Waals surface area contributed by atoms with Crippen LogP contribution in [0.25, 0.3) is 0 Å². The van der Waals surface area contributed by atoms with Crippen LogP contribution < -0.4 is 4.74 Å². The lowest BCUT2D eigenvalue weighted by molar-refractivity contribution is 0.309. The third kappa shape index (κ3) is 4.90. The van der Waals surface area contributed by atoms with E-state index in [0.717, 1.165) is 31.6 Å². The molecule has 0 aromatic heterocycles. The Bertz CT molecular complexity index is 741. The number of benzene rings is 2. The number of allylic oxidation sites excluding steroid dienone is 5. The van der Waals surface area contributed by atoms with Gasteiger partial charge in [0, 0.05) is 0 Å². The number of hydrogen-bond acceptors (Lipinski definition) is 1. The Labute approximate surface area is 154 Å². The average Bonchev–Trinajstić information content (AvgIpc) is 2.94. The van der Waals surface area contributed by atoms with Gasteiger partial charge >= 0.3 is 0 Å². The first-order valence-electron chi connectivity index (χ1n) is 8.94. The summed E-state index contributed by atoms with van der Waals surface area (Å²) in [6.45, 7) is 2.97. The summed E-state index contributed by atoms with van der Waals surface area (Å²) in [5.74, 6) is 0.959. The van der Waals surface area contributed by atoms with Crippen LogP contribution >= 0.6 is 0 Å². The number of hydrogen-bond donors (Lipinski definition) is 0. The molecule has 128 valence electrons. The van der Waals surface area contributed by atoms with E-state index < -0.39 is 0 Å². The fraction of sp³-hybridized carbons (Fsp3) is 0.217. The monoisotopic (exact) mass is 349 g/mol. The lowest BCUT2D eigenvalue weighted by Crippen LogP contribution is -2.06. The Kier molecular flexibility index (Phi) is 6.58. The minimum absolute atomic E-state index is 0.0856. The van der Waals surface area contributed by atoms with Gasteiger partial charge in [-0.15, -0.1) is 0 Å². The van der Waals surface area contributed by atoms with Gasteiger partial charge in [-0.2, -0.15) is 0 Å². The molecule has 0 saturated heterocycles. The second-order valence-corrected chi connectivity index (χ2v) is 7.95. The summed E-state index contributed by atoms with van der Waals surface area (Å²) in [6, 6.07) is 19.4. The first-order valence-corrected chi connectivity index (χ1v) is 10.2. The van der Waals surface area contributed by atoms with Crippen molar-refractivity contribution in [2.45, 2.75) is 36.0 Å². The van der Waals surface area contributed by atoms with Gasteiger partial charge < -0.3 is 4.74 Å². The van der Waals surface area contributed by atoms with Crippen molar-refractivity contribution in [1.29, 1.82) is 0 Å². The molecule has 0 aliphatic heterocycles. The fourth-order valence-electron chi connectivity index (χ4n) is 2.68. The molecule has 2 heteroatoms. The van der Waals surface area contributed by atoms with Crippen LogP contribution in [0, 0.1) is 0 Å². The minimum Gasteiger partial charge on any atom is -0.494 e. The molecule has 1 unspecified atom stereocenters. The molecule has 0 bridgehead atoms. The van der Waals surface area contributed by atoms with Crippen LogP contribution in [0.3, 0.4) is 0 Å². The van der Waals surface area contributed by atoms with E-state index in [2.05, 4.69) is 91.9 Å². The summed E-state index contributed by atoms with van der Waals surface area (Å²) >= 11 is 0. The van der Waals surface area contributed by atoms with Crippen molar-refractivity contribution in [3.63, 3.8) is 0 Å². The molecule has 1 nitrogen and oxygen atoms in total. The van der Waals surface area contributed by atoms with Crippen LogP contribution in [-0.2, 0) is 10.9 Å². The van der Waals surface area contributed by atoms with Gasteiger partial charge in [-0.1, -0.05) is 49.8 Å². The fourth-order valence-corrected chi connectivity index (χ4v) is 4.81. The molecule has 2 aromatic rings. The maximum absolute atomic E-state index is 5.82. The predicted octanol–water partition coefficient (Wildman–Crippen LogP) is 6.30. The van der Waals surface area contributed by atoms with Crippen molar-refractivity contribution in [1.82, 2.24) is 0 Å². The Morgan fingerprint density at radius 1 is 0.920 bits per heavy atom. The quantitative estimate of drug-likeness (QED) is 0.421. The van der Waals surface area contributed by atoms with E-state index in [4.69, 9.17) is 4.74 Å². The van der Waals surface area contributed by atoms with Gasteiger partial charge in [0.25, 0.3) is 0 Å². The Hall–Kier alpha value is -2.19. The zero-order valence-corrected chi connectivity index (χ0v) is 15.5. The lowest BCUT2D eigenvalue weighted by Gasteiger charge is -2.10. The van der Waals surface area contributed by atoms with E-state index in [-0.39, 0.29) is 10.9 Å². The predicted molar refractivity (Wildman–Crippen MR) is 108 cm³/mol. The van der Waals surface area contributed by atoms with Crippen molar-refractivity contribution < 1.29 is 4.74 Å². The number of ether oxygens (including phenoxy) is 1. The third-order valence-corrected chi connectivity index (χ3v) is 6.26. The molecule has 1 aliphatic carbocycles. The summed E-state index contributed by atoms with van der Waals surface area (Å²) in [5.41, 5.74) is 0. The second-order valence-electron chi connectivity index (χ2n) is 5.92. The van der Waals surface area contributed by atoms with Crippen molar-refractivity contribution in [2.24, 2.45) is 0 Å². The average molecular weight is 350 g/mol. The van der Waals surface area contributed by atoms with E-state index >= 15 is 0 Å². The molecule has 2 aromatic carbocycles. The molecule has 0 saturated carbocycles. The molecular weight excluding hydrogens is 324 g/mol. The Morgan fingerprint density at radius 3 is 2.44 bits per heavy atom. The highest BCUT2D eigenvalue weighted by molar-refractivity contribution is 8.00. The molecule has 25 heavy (non-hydrogen) atoms. The normalized spacial score (nSPS) is 14.7. The molecule has 0 radical (unpaired) electrons. The van der Waals surface area contributed by atoms with E-state index in [1.54, 1.807) is 0 Å². The lowest BCUT2D eigenvalue weighted by atomic mass is 10.3. The van der Waals surface area contributed by atoms with Crippen LogP contribution in [-0.4, -0.2) is 6.61 Å². The summed E-state index contributed by atoms with van der Waals surface area (Å²) < 4.78 is 5.82. The highest BCUT2D eigenvalue weighted by Gasteiger charge is 2.29. The topological polar surface area (TPSA) is 9.23 Å². The van der Waals surface area contributed by atoms with Gasteiger partial charge in [-0.25, -0.2) is 0 Å². The van der Waals surface area contributed by atoms with Gasteiger partial charge in [0.1, 0.15) is 5.75 Å². The first kappa shape index (κ1) is 17.6. The zero-order valence-electron chi connectivity index (χ0n) is 14.7. The molecule has 1 atom stereocenters. The SMILES string of the molecule is CCCCOc1ccc([S+](C2=CCC=CC=C2)c2ccccc2)cc1. The van der Waals surface area contributed by atoms with Crippen LogP contribution in [0.1, 0.15) is 26.2 Å². The highest BCUT2D eigenvalue weighted by Crippen LogP contribution is 2.33. The van der Waals surface area contributed by atoms with E-state index in [0.29, 0.717) is 0 Å². The third-order valence-electron chi connectivity index (χ3n) is 4.00. The number of rotatable bonds is 7. The zero-order chi connectivity index (χ0) is 17.3. The highest BCUT2D eigenvalue weighted by atomic mass is 32.2. The van der Waals surface area contributed by atoms with E-state index in [1.807, 2.05) is 0 Å². The molecule has 0 amide bonds. The minimum atomic E-state index is -0.0856. The molecule has 1 aliphatic rings. The standard InChI is InChI=1S/C23H25OS/c1-2-3-19-24-20-15-17-23(18-16-20)25(22-13-9-6-10-14-22)21-11-7-4-5-8-12-21/h4-7,9-18H,2-3,8,19H2,1H3/q+1. The molecule has 0 spiro atoms. The first-order chi connectivity index (χ1) is 12.4. The van der Waals surface area contributed by atoms with Crippen molar-refractivity contribution in [2.75, 3.05) is 6.61 Å². The summed E-state index contributed by atoms with van der Waals surface area (Å²) in [4.78, 5) is 4.04. The van der Waals surface area contributed by atoms with Crippen LogP contribution in [0.15, 0.2) is 99.7 Å². The summed E-state index contributed by atoms with van der Waals surface area (Å²) in [6.07, 6.45) is 14.3. The molecule has 0 N–H and O–H groups in total. The molecule has 0 heterocycles. The van der Waals surface area contributed by atoms with Crippen LogP contribution in [0.5, 0.6) is 5.75 Å². The number of unbranched alkanes of at least 4 members (excludes halogenated alkanes) is 1. The second kappa shape index (κ2) is 9.33. The van der Waals surface area contributed by atoms with Crippen LogP contribution in [0.4, 0.5) is 0 Å². The van der Waals surface area contributed by atoms with E-state index in [9.17, 15) is 0 Å². The van der Waals surface area contributed by atoms with Gasteiger partial charge in [0.2, 0.25) is 0 Å². The summed E-state index contributed by atoms with van der Waals surface area (Å²) in [5, 5.41) is 0. The van der Waals surface area contributed by atoms with Crippen molar-refractivity contribution in [3.8, 4) is 5.75 Å². The van der Waals surface area contributed by atoms with Crippen LogP contribution in [0.2, 0.25) is 0 Å². The molecule has 3 rings (SSSR count). The Morgan fingerprint density at radius 2 is 1.68 bits per heavy atom. The summed E-state index contributed by atoms with van der Waals surface area (Å²) in [7, 11) is -0.0856. The van der Waals surface area contributed by atoms with Gasteiger partial charge in [-0.3, -0.25) is 0 Å².